The summed E-state index contributed by atoms with van der Waals surface area (Å²) in [6.07, 6.45) is 0.468. The van der Waals surface area contributed by atoms with Crippen molar-refractivity contribution >= 4 is 11.9 Å². The van der Waals surface area contributed by atoms with Crippen LogP contribution in [0.4, 0.5) is 0 Å². The molecule has 0 spiro atoms. The van der Waals surface area contributed by atoms with Gasteiger partial charge in [-0.15, -0.1) is 0 Å². The van der Waals surface area contributed by atoms with Gasteiger partial charge in [-0.25, -0.2) is 0 Å². The topological polar surface area (TPSA) is 66.8 Å². The monoisotopic (exact) mass is 339 g/mol. The molecule has 1 aliphatic rings. The van der Waals surface area contributed by atoms with Crippen molar-refractivity contribution in [1.29, 1.82) is 0 Å². The minimum absolute atomic E-state index is 0.148. The van der Waals surface area contributed by atoms with E-state index in [1.54, 1.807) is 31.1 Å². The van der Waals surface area contributed by atoms with Crippen molar-refractivity contribution in [2.45, 2.75) is 13.3 Å². The van der Waals surface area contributed by atoms with E-state index in [4.69, 9.17) is 4.74 Å². The molecule has 1 aliphatic heterocycles. The number of ether oxygens (including phenoxy) is 1. The molecular formula is C20H21NO4. The highest BCUT2D eigenvalue weighted by Gasteiger charge is 2.42. The molecule has 25 heavy (non-hydrogen) atoms. The molecule has 0 radical (unpaired) electrons. The van der Waals surface area contributed by atoms with Crippen LogP contribution in [0.1, 0.15) is 23.7 Å². The van der Waals surface area contributed by atoms with E-state index in [-0.39, 0.29) is 12.5 Å². The number of carboxylic acids is 1. The number of carbonyl (C=O) groups excluding carboxylic acids is 1. The lowest BCUT2D eigenvalue weighted by Gasteiger charge is -2.20. The molecule has 1 saturated heterocycles. The summed E-state index contributed by atoms with van der Waals surface area (Å²) in [4.78, 5) is 25.8. The third kappa shape index (κ3) is 3.22. The first-order chi connectivity index (χ1) is 11.9. The second-order valence-corrected chi connectivity index (χ2v) is 6.62. The first kappa shape index (κ1) is 17.0. The number of likely N-dealkylation sites (tertiary alicyclic amines) is 1. The highest BCUT2D eigenvalue weighted by Crippen LogP contribution is 2.34. The fourth-order valence-corrected chi connectivity index (χ4v) is 3.18. The number of hydrogen-bond donors (Lipinski definition) is 1. The van der Waals surface area contributed by atoms with Crippen LogP contribution in [-0.4, -0.2) is 42.1 Å². The molecule has 0 saturated carbocycles. The summed E-state index contributed by atoms with van der Waals surface area (Å²) in [7, 11) is 1.60. The molecule has 2 aromatic rings. The van der Waals surface area contributed by atoms with E-state index in [0.717, 1.165) is 11.1 Å². The summed E-state index contributed by atoms with van der Waals surface area (Å²) >= 11 is 0. The number of benzene rings is 2. The van der Waals surface area contributed by atoms with E-state index < -0.39 is 11.4 Å². The number of rotatable bonds is 4. The number of hydrogen-bond acceptors (Lipinski definition) is 3. The van der Waals surface area contributed by atoms with Crippen LogP contribution in [0.5, 0.6) is 5.75 Å². The van der Waals surface area contributed by atoms with Crippen molar-refractivity contribution in [1.82, 2.24) is 4.90 Å². The quantitative estimate of drug-likeness (QED) is 0.928. The number of amides is 1. The second-order valence-electron chi connectivity index (χ2n) is 6.62. The predicted octanol–water partition coefficient (Wildman–Crippen LogP) is 3.30. The largest absolute Gasteiger partial charge is 0.496 e. The lowest BCUT2D eigenvalue weighted by molar-refractivity contribution is -0.147. The minimum Gasteiger partial charge on any atom is -0.496 e. The molecule has 1 heterocycles. The Hall–Kier alpha value is -2.82. The Bertz CT molecular complexity index is 803. The first-order valence-electron chi connectivity index (χ1n) is 8.21. The van der Waals surface area contributed by atoms with E-state index in [9.17, 15) is 14.7 Å². The summed E-state index contributed by atoms with van der Waals surface area (Å²) in [6.45, 7) is 2.37. The van der Waals surface area contributed by atoms with Crippen LogP contribution in [0.25, 0.3) is 11.1 Å². The van der Waals surface area contributed by atoms with Crippen LogP contribution < -0.4 is 4.74 Å². The van der Waals surface area contributed by atoms with Crippen LogP contribution in [0.3, 0.4) is 0 Å². The highest BCUT2D eigenvalue weighted by atomic mass is 16.5. The molecule has 5 nitrogen and oxygen atoms in total. The first-order valence-corrected chi connectivity index (χ1v) is 8.21. The van der Waals surface area contributed by atoms with E-state index >= 15 is 0 Å². The molecule has 0 aliphatic carbocycles. The van der Waals surface area contributed by atoms with Gasteiger partial charge in [-0.05, 0) is 37.1 Å². The molecule has 0 aromatic heterocycles. The Morgan fingerprint density at radius 1 is 1.16 bits per heavy atom. The molecule has 0 bridgehead atoms. The minimum atomic E-state index is -0.871. The molecule has 0 unspecified atom stereocenters. The number of methoxy groups -OCH3 is 1. The number of carbonyl (C=O) groups is 2. The Balaban J connectivity index is 1.91. The van der Waals surface area contributed by atoms with Crippen LogP contribution >= 0.6 is 0 Å². The summed E-state index contributed by atoms with van der Waals surface area (Å²) in [5.41, 5.74) is 1.47. The Morgan fingerprint density at radius 3 is 2.48 bits per heavy atom. The lowest BCUT2D eigenvalue weighted by Crippen LogP contribution is -2.34. The lowest BCUT2D eigenvalue weighted by atomic mass is 9.90. The number of aliphatic carboxylic acids is 1. The van der Waals surface area contributed by atoms with Crippen LogP contribution in [0.15, 0.2) is 48.5 Å². The maximum atomic E-state index is 12.8. The smallest absolute Gasteiger partial charge is 0.311 e. The second kappa shape index (κ2) is 6.59. The SMILES string of the molecule is COc1ccc(C(=O)N2CC[C@@](C)(C(=O)O)C2)cc1-c1ccccc1. The van der Waals surface area contributed by atoms with Crippen molar-refractivity contribution < 1.29 is 19.4 Å². The molecule has 1 fully saturated rings. The van der Waals surface area contributed by atoms with Gasteiger partial charge in [0.15, 0.2) is 0 Å². The number of nitrogens with zero attached hydrogens (tertiary/aromatic N) is 1. The molecule has 1 N–H and O–H groups in total. The average Bonchev–Trinajstić information content (AvgIpc) is 3.05. The van der Waals surface area contributed by atoms with Crippen molar-refractivity contribution in [2.75, 3.05) is 20.2 Å². The molecular weight excluding hydrogens is 318 g/mol. The zero-order valence-electron chi connectivity index (χ0n) is 14.4. The molecule has 1 amide bonds. The van der Waals surface area contributed by atoms with Crippen molar-refractivity contribution in [3.05, 3.63) is 54.1 Å². The van der Waals surface area contributed by atoms with E-state index in [0.29, 0.717) is 24.3 Å². The van der Waals surface area contributed by atoms with Gasteiger partial charge >= 0.3 is 5.97 Å². The van der Waals surface area contributed by atoms with Crippen molar-refractivity contribution in [3.8, 4) is 16.9 Å². The van der Waals surface area contributed by atoms with Gasteiger partial charge in [-0.3, -0.25) is 9.59 Å². The summed E-state index contributed by atoms with van der Waals surface area (Å²) in [5.74, 6) is -0.313. The fourth-order valence-electron chi connectivity index (χ4n) is 3.18. The molecule has 2 aromatic carbocycles. The maximum absolute atomic E-state index is 12.8. The van der Waals surface area contributed by atoms with Gasteiger partial charge in [0.2, 0.25) is 0 Å². The Kier molecular flexibility index (Phi) is 4.49. The predicted molar refractivity (Wildman–Crippen MR) is 94.7 cm³/mol. The van der Waals surface area contributed by atoms with Gasteiger partial charge < -0.3 is 14.7 Å². The van der Waals surface area contributed by atoms with E-state index in [2.05, 4.69) is 0 Å². The molecule has 5 heteroatoms. The third-order valence-corrected chi connectivity index (χ3v) is 4.81. The Morgan fingerprint density at radius 2 is 1.88 bits per heavy atom. The van der Waals surface area contributed by atoms with Gasteiger partial charge in [-0.2, -0.15) is 0 Å². The van der Waals surface area contributed by atoms with Gasteiger partial charge in [0.25, 0.3) is 5.91 Å². The van der Waals surface area contributed by atoms with E-state index in [1.807, 2.05) is 36.4 Å². The Labute approximate surface area is 146 Å². The van der Waals surface area contributed by atoms with Crippen LogP contribution in [-0.2, 0) is 4.79 Å². The van der Waals surface area contributed by atoms with Gasteiger partial charge in [-0.1, -0.05) is 30.3 Å². The zero-order valence-corrected chi connectivity index (χ0v) is 14.4. The zero-order chi connectivity index (χ0) is 18.0. The van der Waals surface area contributed by atoms with Crippen molar-refractivity contribution in [3.63, 3.8) is 0 Å². The fraction of sp³-hybridized carbons (Fsp3) is 0.300. The van der Waals surface area contributed by atoms with Gasteiger partial charge in [0.1, 0.15) is 5.75 Å². The summed E-state index contributed by atoms with van der Waals surface area (Å²) < 4.78 is 5.42. The van der Waals surface area contributed by atoms with Crippen molar-refractivity contribution in [2.24, 2.45) is 5.41 Å². The third-order valence-electron chi connectivity index (χ3n) is 4.81. The highest BCUT2D eigenvalue weighted by molar-refractivity contribution is 5.97. The molecule has 130 valence electrons. The summed E-state index contributed by atoms with van der Waals surface area (Å²) in [6, 6.07) is 15.0. The summed E-state index contributed by atoms with van der Waals surface area (Å²) in [5, 5.41) is 9.35. The van der Waals surface area contributed by atoms with E-state index in [1.165, 1.54) is 0 Å². The number of carboxylic acid groups (broad SMARTS) is 1. The van der Waals surface area contributed by atoms with Crippen LogP contribution in [0.2, 0.25) is 0 Å². The van der Waals surface area contributed by atoms with Gasteiger partial charge in [0, 0.05) is 24.2 Å². The normalized spacial score (nSPS) is 19.7. The average molecular weight is 339 g/mol. The molecule has 1 atom stereocenters. The van der Waals surface area contributed by atoms with Crippen LogP contribution in [0, 0.1) is 5.41 Å². The standard InChI is InChI=1S/C20H21NO4/c1-20(19(23)24)10-11-21(13-20)18(22)15-8-9-17(25-2)16(12-15)14-6-4-3-5-7-14/h3-9,12H,10-11,13H2,1-2H3,(H,23,24)/t20-/m1/s1. The molecule has 3 rings (SSSR count). The van der Waals surface area contributed by atoms with Gasteiger partial charge in [0.05, 0.1) is 12.5 Å². The maximum Gasteiger partial charge on any atom is 0.311 e.